The third kappa shape index (κ3) is 2.98. The first-order chi connectivity index (χ1) is 13.2. The number of carbonyl (C=O) groups excluding carboxylic acids is 1. The molecule has 0 spiro atoms. The highest BCUT2D eigenvalue weighted by Crippen LogP contribution is 2.32. The minimum absolute atomic E-state index is 0.0510. The van der Waals surface area contributed by atoms with Crippen molar-refractivity contribution in [2.45, 2.75) is 37.9 Å². The van der Waals surface area contributed by atoms with Crippen LogP contribution >= 0.6 is 0 Å². The van der Waals surface area contributed by atoms with Crippen LogP contribution in [0.3, 0.4) is 0 Å². The van der Waals surface area contributed by atoms with Crippen molar-refractivity contribution in [3.63, 3.8) is 0 Å². The van der Waals surface area contributed by atoms with Gasteiger partial charge < -0.3 is 15.1 Å². The normalized spacial score (nSPS) is 24.0. The Morgan fingerprint density at radius 3 is 2.56 bits per heavy atom. The maximum Gasteiger partial charge on any atom is 0.254 e. The molecule has 2 saturated heterocycles. The topological polar surface area (TPSA) is 48.5 Å². The number of pyridine rings is 1. The highest BCUT2D eigenvalue weighted by atomic mass is 19.1. The lowest BCUT2D eigenvalue weighted by Gasteiger charge is -2.37. The van der Waals surface area contributed by atoms with E-state index >= 15 is 0 Å². The molecule has 2 atom stereocenters. The van der Waals surface area contributed by atoms with Gasteiger partial charge in [-0.05, 0) is 48.7 Å². The summed E-state index contributed by atoms with van der Waals surface area (Å²) in [6, 6.07) is 11.1. The molecule has 2 aromatic rings. The van der Waals surface area contributed by atoms with Crippen LogP contribution in [0.2, 0.25) is 0 Å². The lowest BCUT2D eigenvalue weighted by atomic mass is 10.0. The summed E-state index contributed by atoms with van der Waals surface area (Å²) in [6.07, 6.45) is 3.23. The van der Waals surface area contributed by atoms with Gasteiger partial charge in [0, 0.05) is 55.9 Å². The number of amides is 1. The molecule has 2 fully saturated rings. The Morgan fingerprint density at radius 2 is 1.81 bits per heavy atom. The number of hydrogen-bond donors (Lipinski definition) is 1. The number of aromatic nitrogens is 1. The molecule has 0 radical (unpaired) electrons. The van der Waals surface area contributed by atoms with E-state index in [9.17, 15) is 9.18 Å². The second-order valence-corrected chi connectivity index (χ2v) is 7.71. The summed E-state index contributed by atoms with van der Waals surface area (Å²) >= 11 is 0. The van der Waals surface area contributed by atoms with Crippen LogP contribution in [0.25, 0.3) is 0 Å². The van der Waals surface area contributed by atoms with Crippen molar-refractivity contribution in [3.05, 3.63) is 59.0 Å². The van der Waals surface area contributed by atoms with Crippen molar-refractivity contribution < 1.29 is 9.18 Å². The molecule has 5 rings (SSSR count). The molecular weight excluding hydrogens is 343 g/mol. The van der Waals surface area contributed by atoms with Gasteiger partial charge in [-0.15, -0.1) is 0 Å². The number of halogens is 1. The van der Waals surface area contributed by atoms with Gasteiger partial charge in [0.25, 0.3) is 5.91 Å². The molecule has 0 aliphatic carbocycles. The second-order valence-electron chi connectivity index (χ2n) is 7.71. The van der Waals surface area contributed by atoms with Gasteiger partial charge in [-0.2, -0.15) is 0 Å². The molecule has 1 aromatic carbocycles. The summed E-state index contributed by atoms with van der Waals surface area (Å²) < 4.78 is 13.1. The van der Waals surface area contributed by atoms with E-state index in [0.717, 1.165) is 36.6 Å². The summed E-state index contributed by atoms with van der Waals surface area (Å²) in [4.78, 5) is 22.0. The molecule has 1 aromatic heterocycles. The number of nitrogens with one attached hydrogen (secondary N) is 1. The van der Waals surface area contributed by atoms with Crippen molar-refractivity contribution in [3.8, 4) is 0 Å². The average Bonchev–Trinajstić information content (AvgIpc) is 2.95. The molecule has 140 valence electrons. The fraction of sp³-hybridized carbons (Fsp3) is 0.429. The minimum atomic E-state index is -0.325. The number of carbonyl (C=O) groups is 1. The standard InChI is InChI=1S/C21H23FN4O/c22-16-4-1-14(2-5-16)21(27)25-10-9-19-15(13-25)3-8-20(24-19)26-17-6-7-18(26)12-23-11-17/h1-5,8,17-18,23H,6-7,9-13H2. The lowest BCUT2D eigenvalue weighted by molar-refractivity contribution is 0.0733. The van der Waals surface area contributed by atoms with E-state index in [2.05, 4.69) is 22.3 Å². The van der Waals surface area contributed by atoms with Crippen LogP contribution in [0.1, 0.15) is 34.5 Å². The zero-order valence-corrected chi connectivity index (χ0v) is 15.2. The Kier molecular flexibility index (Phi) is 4.08. The van der Waals surface area contributed by atoms with Crippen LogP contribution < -0.4 is 10.2 Å². The first-order valence-electron chi connectivity index (χ1n) is 9.72. The fourth-order valence-corrected chi connectivity index (χ4v) is 4.65. The highest BCUT2D eigenvalue weighted by molar-refractivity contribution is 5.94. The zero-order chi connectivity index (χ0) is 18.4. The molecule has 1 amide bonds. The molecule has 1 N–H and O–H groups in total. The SMILES string of the molecule is O=C(c1ccc(F)cc1)N1CCc2nc(N3C4CCC3CNC4)ccc2C1. The quantitative estimate of drug-likeness (QED) is 0.887. The van der Waals surface area contributed by atoms with Crippen molar-refractivity contribution in [1.29, 1.82) is 0 Å². The Hall–Kier alpha value is -2.47. The Morgan fingerprint density at radius 1 is 1.07 bits per heavy atom. The van der Waals surface area contributed by atoms with Gasteiger partial charge in [0.1, 0.15) is 11.6 Å². The maximum atomic E-state index is 13.1. The van der Waals surface area contributed by atoms with Crippen LogP contribution in [0, 0.1) is 5.82 Å². The van der Waals surface area contributed by atoms with Crippen LogP contribution in [0.15, 0.2) is 36.4 Å². The van der Waals surface area contributed by atoms with Crippen molar-refractivity contribution in [2.24, 2.45) is 0 Å². The Labute approximate surface area is 158 Å². The monoisotopic (exact) mass is 366 g/mol. The van der Waals surface area contributed by atoms with Gasteiger partial charge in [-0.3, -0.25) is 4.79 Å². The molecule has 4 heterocycles. The number of hydrogen-bond acceptors (Lipinski definition) is 4. The van der Waals surface area contributed by atoms with E-state index in [1.807, 2.05) is 4.90 Å². The third-order valence-electron chi connectivity index (χ3n) is 6.06. The predicted octanol–water partition coefficient (Wildman–Crippen LogP) is 2.36. The number of anilines is 1. The summed E-state index contributed by atoms with van der Waals surface area (Å²) in [5.74, 6) is 0.708. The number of piperazine rings is 1. The van der Waals surface area contributed by atoms with Gasteiger partial charge in [0.2, 0.25) is 0 Å². The minimum Gasteiger partial charge on any atom is -0.348 e. The van der Waals surface area contributed by atoms with Crippen LogP contribution in [-0.2, 0) is 13.0 Å². The molecule has 3 aliphatic heterocycles. The third-order valence-corrected chi connectivity index (χ3v) is 6.06. The smallest absolute Gasteiger partial charge is 0.254 e. The summed E-state index contributed by atoms with van der Waals surface area (Å²) in [6.45, 7) is 3.28. The molecule has 5 nitrogen and oxygen atoms in total. The molecule has 2 unspecified atom stereocenters. The number of fused-ring (bicyclic) bond motifs is 3. The van der Waals surface area contributed by atoms with Gasteiger partial charge in [0.15, 0.2) is 0 Å². The van der Waals surface area contributed by atoms with Gasteiger partial charge in [-0.25, -0.2) is 9.37 Å². The van der Waals surface area contributed by atoms with E-state index < -0.39 is 0 Å². The molecular formula is C21H23FN4O. The largest absolute Gasteiger partial charge is 0.348 e. The van der Waals surface area contributed by atoms with E-state index in [-0.39, 0.29) is 11.7 Å². The lowest BCUT2D eigenvalue weighted by Crippen LogP contribution is -2.52. The van der Waals surface area contributed by atoms with Crippen LogP contribution in [-0.4, -0.2) is 47.5 Å². The number of benzene rings is 1. The molecule has 3 aliphatic rings. The van der Waals surface area contributed by atoms with Crippen molar-refractivity contribution >= 4 is 11.7 Å². The van der Waals surface area contributed by atoms with Crippen LogP contribution in [0.5, 0.6) is 0 Å². The van der Waals surface area contributed by atoms with E-state index in [1.54, 1.807) is 12.1 Å². The van der Waals surface area contributed by atoms with Gasteiger partial charge in [-0.1, -0.05) is 6.07 Å². The van der Waals surface area contributed by atoms with Crippen molar-refractivity contribution in [2.75, 3.05) is 24.5 Å². The number of rotatable bonds is 2. The second kappa shape index (κ2) is 6.60. The summed E-state index contributed by atoms with van der Waals surface area (Å²) in [5.41, 5.74) is 2.75. The molecule has 2 bridgehead atoms. The first kappa shape index (κ1) is 16.7. The fourth-order valence-electron chi connectivity index (χ4n) is 4.65. The van der Waals surface area contributed by atoms with E-state index in [0.29, 0.717) is 30.7 Å². The highest BCUT2D eigenvalue weighted by Gasteiger charge is 2.37. The van der Waals surface area contributed by atoms with E-state index in [1.165, 1.54) is 25.0 Å². The molecule has 6 heteroatoms. The van der Waals surface area contributed by atoms with Crippen molar-refractivity contribution in [1.82, 2.24) is 15.2 Å². The van der Waals surface area contributed by atoms with Gasteiger partial charge in [0.05, 0.1) is 0 Å². The van der Waals surface area contributed by atoms with Gasteiger partial charge >= 0.3 is 0 Å². The van der Waals surface area contributed by atoms with E-state index in [4.69, 9.17) is 4.98 Å². The Bertz CT molecular complexity index is 853. The first-order valence-corrected chi connectivity index (χ1v) is 9.72. The van der Waals surface area contributed by atoms with Crippen LogP contribution in [0.4, 0.5) is 10.2 Å². The zero-order valence-electron chi connectivity index (χ0n) is 15.2. The predicted molar refractivity (Wildman–Crippen MR) is 101 cm³/mol. The Balaban J connectivity index is 1.35. The molecule has 0 saturated carbocycles. The number of nitrogens with zero attached hydrogens (tertiary/aromatic N) is 3. The average molecular weight is 366 g/mol. The summed E-state index contributed by atoms with van der Waals surface area (Å²) in [7, 11) is 0. The summed E-state index contributed by atoms with van der Waals surface area (Å²) in [5, 5.41) is 3.51. The maximum absolute atomic E-state index is 13.1. The molecule has 27 heavy (non-hydrogen) atoms.